The fraction of sp³-hybridized carbons (Fsp3) is 0.316. The molecule has 3 rings (SSSR count). The molecule has 0 aliphatic carbocycles. The molecule has 0 saturated heterocycles. The Hall–Kier alpha value is -2.60. The van der Waals surface area contributed by atoms with Crippen LogP contribution in [0.4, 0.5) is 0 Å². The van der Waals surface area contributed by atoms with Gasteiger partial charge in [0.25, 0.3) is 0 Å². The predicted octanol–water partition coefficient (Wildman–Crippen LogP) is 3.63. The van der Waals surface area contributed by atoms with Crippen molar-refractivity contribution >= 4 is 11.6 Å². The molecule has 1 heterocycles. The summed E-state index contributed by atoms with van der Waals surface area (Å²) in [5, 5.41) is 8.33. The van der Waals surface area contributed by atoms with Crippen LogP contribution in [0, 0.1) is 6.92 Å². The number of halogens is 1. The minimum Gasteiger partial charge on any atom is -0.487 e. The smallest absolute Gasteiger partial charge is 0.368 e. The second kappa shape index (κ2) is 7.33. The number of nitrogens with zero attached hydrogens (tertiary/aromatic N) is 4. The van der Waals surface area contributed by atoms with E-state index in [-0.39, 0.29) is 18.2 Å². The molecule has 0 saturated carbocycles. The molecule has 136 valence electrons. The molecule has 0 fully saturated rings. The highest BCUT2D eigenvalue weighted by Crippen LogP contribution is 2.29. The minimum absolute atomic E-state index is 0.258. The van der Waals surface area contributed by atoms with Crippen LogP contribution in [0.1, 0.15) is 36.5 Å². The summed E-state index contributed by atoms with van der Waals surface area (Å²) in [6, 6.07) is 11.4. The van der Waals surface area contributed by atoms with Gasteiger partial charge in [-0.15, -0.1) is 0 Å². The van der Waals surface area contributed by atoms with Crippen molar-refractivity contribution in [3.05, 3.63) is 68.6 Å². The lowest BCUT2D eigenvalue weighted by Gasteiger charge is -2.17. The van der Waals surface area contributed by atoms with Crippen molar-refractivity contribution in [2.45, 2.75) is 33.3 Å². The fourth-order valence-corrected chi connectivity index (χ4v) is 3.00. The Morgan fingerprint density at radius 1 is 1.19 bits per heavy atom. The SMILES string of the molecule is Cc1ccc(Cl)c(OCc2c(C(C)C)cccc2-n2nnn(C)c2=O)c1. The highest BCUT2D eigenvalue weighted by atomic mass is 35.5. The van der Waals surface area contributed by atoms with Crippen molar-refractivity contribution in [3.63, 3.8) is 0 Å². The third-order valence-corrected chi connectivity index (χ3v) is 4.53. The van der Waals surface area contributed by atoms with E-state index in [0.29, 0.717) is 16.5 Å². The van der Waals surface area contributed by atoms with Gasteiger partial charge in [0.15, 0.2) is 0 Å². The van der Waals surface area contributed by atoms with Gasteiger partial charge in [0.05, 0.1) is 10.7 Å². The molecule has 2 aromatic carbocycles. The van der Waals surface area contributed by atoms with Crippen molar-refractivity contribution in [2.75, 3.05) is 0 Å². The second-order valence-corrected chi connectivity index (χ2v) is 6.93. The predicted molar refractivity (Wildman–Crippen MR) is 101 cm³/mol. The van der Waals surface area contributed by atoms with E-state index in [1.54, 1.807) is 7.05 Å². The first-order valence-corrected chi connectivity index (χ1v) is 8.76. The first kappa shape index (κ1) is 18.2. The molecule has 0 unspecified atom stereocenters. The van der Waals surface area contributed by atoms with E-state index in [1.165, 1.54) is 9.36 Å². The maximum Gasteiger partial charge on any atom is 0.368 e. The van der Waals surface area contributed by atoms with Crippen molar-refractivity contribution in [2.24, 2.45) is 7.05 Å². The average molecular weight is 373 g/mol. The number of ether oxygens (including phenoxy) is 1. The van der Waals surface area contributed by atoms with Gasteiger partial charge in [-0.1, -0.05) is 43.6 Å². The molecule has 0 aliphatic rings. The van der Waals surface area contributed by atoms with E-state index < -0.39 is 0 Å². The molecule has 0 bridgehead atoms. The summed E-state index contributed by atoms with van der Waals surface area (Å²) in [5.41, 5.74) is 3.40. The standard InChI is InChI=1S/C19H21ClN4O2/c1-12(2)14-6-5-7-17(24-19(25)23(4)21-22-24)15(14)11-26-18-10-13(3)8-9-16(18)20/h5-10,12H,11H2,1-4H3. The second-order valence-electron chi connectivity index (χ2n) is 6.52. The van der Waals surface area contributed by atoms with E-state index in [2.05, 4.69) is 24.3 Å². The number of aromatic nitrogens is 4. The van der Waals surface area contributed by atoms with Crippen LogP contribution in [0.3, 0.4) is 0 Å². The van der Waals surface area contributed by atoms with Gasteiger partial charge in [0.1, 0.15) is 12.4 Å². The lowest BCUT2D eigenvalue weighted by atomic mass is 9.96. The fourth-order valence-electron chi connectivity index (χ4n) is 2.82. The van der Waals surface area contributed by atoms with E-state index >= 15 is 0 Å². The number of aryl methyl sites for hydroxylation is 2. The van der Waals surface area contributed by atoms with Gasteiger partial charge in [0, 0.05) is 12.6 Å². The Kier molecular flexibility index (Phi) is 5.13. The molecule has 0 radical (unpaired) electrons. The Morgan fingerprint density at radius 2 is 1.96 bits per heavy atom. The van der Waals surface area contributed by atoms with Crippen LogP contribution < -0.4 is 10.4 Å². The zero-order valence-electron chi connectivity index (χ0n) is 15.2. The first-order chi connectivity index (χ1) is 12.4. The molecule has 6 nitrogen and oxygen atoms in total. The molecule has 26 heavy (non-hydrogen) atoms. The van der Waals surface area contributed by atoms with Crippen LogP contribution in [0.25, 0.3) is 5.69 Å². The summed E-state index contributed by atoms with van der Waals surface area (Å²) in [4.78, 5) is 12.3. The third-order valence-electron chi connectivity index (χ3n) is 4.22. The molecule has 1 aromatic heterocycles. The van der Waals surface area contributed by atoms with Gasteiger partial charge in [0.2, 0.25) is 0 Å². The van der Waals surface area contributed by atoms with Gasteiger partial charge >= 0.3 is 5.69 Å². The van der Waals surface area contributed by atoms with Gasteiger partial charge < -0.3 is 4.74 Å². The van der Waals surface area contributed by atoms with E-state index in [9.17, 15) is 4.79 Å². The zero-order valence-corrected chi connectivity index (χ0v) is 16.0. The van der Waals surface area contributed by atoms with Gasteiger partial charge in [-0.3, -0.25) is 0 Å². The van der Waals surface area contributed by atoms with E-state index in [4.69, 9.17) is 16.3 Å². The first-order valence-electron chi connectivity index (χ1n) is 8.38. The van der Waals surface area contributed by atoms with Crippen molar-refractivity contribution in [1.82, 2.24) is 19.8 Å². The van der Waals surface area contributed by atoms with Crippen LogP contribution in [0.5, 0.6) is 5.75 Å². The van der Waals surface area contributed by atoms with Gasteiger partial charge in [-0.05, 0) is 52.6 Å². The quantitative estimate of drug-likeness (QED) is 0.686. The molecule has 0 N–H and O–H groups in total. The number of tetrazole rings is 1. The molecule has 0 atom stereocenters. The number of benzene rings is 2. The Morgan fingerprint density at radius 3 is 2.62 bits per heavy atom. The van der Waals surface area contributed by atoms with E-state index in [0.717, 1.165) is 16.7 Å². The van der Waals surface area contributed by atoms with Crippen LogP contribution >= 0.6 is 11.6 Å². The molecule has 3 aromatic rings. The van der Waals surface area contributed by atoms with Crippen molar-refractivity contribution in [3.8, 4) is 11.4 Å². The lowest BCUT2D eigenvalue weighted by molar-refractivity contribution is 0.304. The largest absolute Gasteiger partial charge is 0.487 e. The molecular formula is C19H21ClN4O2. The molecule has 0 amide bonds. The number of hydrogen-bond acceptors (Lipinski definition) is 4. The molecule has 0 spiro atoms. The third kappa shape index (κ3) is 3.51. The monoisotopic (exact) mass is 372 g/mol. The number of hydrogen-bond donors (Lipinski definition) is 0. The molecular weight excluding hydrogens is 352 g/mol. The maximum atomic E-state index is 12.3. The summed E-state index contributed by atoms with van der Waals surface area (Å²) in [7, 11) is 1.57. The maximum absolute atomic E-state index is 12.3. The molecule has 7 heteroatoms. The van der Waals surface area contributed by atoms with Crippen LogP contribution in [-0.4, -0.2) is 19.8 Å². The average Bonchev–Trinajstić information content (AvgIpc) is 2.94. The van der Waals surface area contributed by atoms with Gasteiger partial charge in [-0.2, -0.15) is 9.36 Å². The highest BCUT2D eigenvalue weighted by Gasteiger charge is 2.17. The summed E-state index contributed by atoms with van der Waals surface area (Å²) in [6.45, 7) is 6.45. The van der Waals surface area contributed by atoms with Crippen LogP contribution in [-0.2, 0) is 13.7 Å². The van der Waals surface area contributed by atoms with Crippen molar-refractivity contribution in [1.29, 1.82) is 0 Å². The van der Waals surface area contributed by atoms with Crippen molar-refractivity contribution < 1.29 is 4.74 Å². The Labute approximate surface area is 157 Å². The number of rotatable bonds is 5. The van der Waals surface area contributed by atoms with Crippen LogP contribution in [0.2, 0.25) is 5.02 Å². The summed E-state index contributed by atoms with van der Waals surface area (Å²) in [5.74, 6) is 0.872. The Bertz CT molecular complexity index is 991. The normalized spacial score (nSPS) is 11.2. The Balaban J connectivity index is 2.05. The summed E-state index contributed by atoms with van der Waals surface area (Å²) >= 11 is 6.24. The minimum atomic E-state index is -0.305. The highest BCUT2D eigenvalue weighted by molar-refractivity contribution is 6.32. The lowest BCUT2D eigenvalue weighted by Crippen LogP contribution is -2.23. The summed E-state index contributed by atoms with van der Waals surface area (Å²) < 4.78 is 8.49. The molecule has 0 aliphatic heterocycles. The summed E-state index contributed by atoms with van der Waals surface area (Å²) in [6.07, 6.45) is 0. The van der Waals surface area contributed by atoms with Gasteiger partial charge in [-0.25, -0.2) is 4.79 Å². The zero-order chi connectivity index (χ0) is 18.8. The van der Waals surface area contributed by atoms with E-state index in [1.807, 2.05) is 43.3 Å². The van der Waals surface area contributed by atoms with Crippen LogP contribution in [0.15, 0.2) is 41.2 Å². The topological polar surface area (TPSA) is 61.9 Å².